The summed E-state index contributed by atoms with van der Waals surface area (Å²) in [4.78, 5) is 20.7. The number of ether oxygens (including phenoxy) is 1. The molecular weight excluding hydrogens is 382 g/mol. The summed E-state index contributed by atoms with van der Waals surface area (Å²) >= 11 is 1.76. The molecule has 2 aromatic heterocycles. The van der Waals surface area contributed by atoms with Crippen LogP contribution in [-0.4, -0.2) is 29.5 Å². The standard InChI is InChI=1S/C23H27N3O2S/c1-15-12-20(21(26-15)18-4-3-5-19(13-18)28-2)22(27)25-14-16-6-8-17(9-7-16)23-24-10-11-29-23/h3-5,10-13,16-17,26H,6-9,14H2,1-2H3,(H,25,27). The van der Waals surface area contributed by atoms with Crippen molar-refractivity contribution in [3.05, 3.63) is 58.2 Å². The molecule has 0 atom stereocenters. The average molecular weight is 410 g/mol. The zero-order chi connectivity index (χ0) is 20.2. The van der Waals surface area contributed by atoms with Gasteiger partial charge in [0.05, 0.1) is 23.4 Å². The van der Waals surface area contributed by atoms with E-state index in [2.05, 4.69) is 20.7 Å². The molecule has 2 heterocycles. The lowest BCUT2D eigenvalue weighted by Gasteiger charge is -2.27. The first-order valence-electron chi connectivity index (χ1n) is 10.2. The summed E-state index contributed by atoms with van der Waals surface area (Å²) in [7, 11) is 1.65. The number of thiazole rings is 1. The minimum absolute atomic E-state index is 0.0192. The maximum Gasteiger partial charge on any atom is 0.253 e. The molecule has 1 saturated carbocycles. The van der Waals surface area contributed by atoms with Crippen LogP contribution in [-0.2, 0) is 0 Å². The molecule has 0 radical (unpaired) electrons. The topological polar surface area (TPSA) is 67.0 Å². The van der Waals surface area contributed by atoms with E-state index in [9.17, 15) is 4.79 Å². The summed E-state index contributed by atoms with van der Waals surface area (Å²) in [6.45, 7) is 2.70. The number of nitrogens with one attached hydrogen (secondary N) is 2. The first-order valence-corrected chi connectivity index (χ1v) is 11.0. The number of amides is 1. The van der Waals surface area contributed by atoms with Crippen LogP contribution in [0.1, 0.15) is 52.7 Å². The number of carbonyl (C=O) groups is 1. The van der Waals surface area contributed by atoms with Crippen molar-refractivity contribution >= 4 is 17.2 Å². The van der Waals surface area contributed by atoms with Crippen molar-refractivity contribution < 1.29 is 9.53 Å². The number of aryl methyl sites for hydroxylation is 1. The van der Waals surface area contributed by atoms with Crippen LogP contribution in [0.2, 0.25) is 0 Å². The second-order valence-electron chi connectivity index (χ2n) is 7.77. The number of benzene rings is 1. The molecule has 1 fully saturated rings. The van der Waals surface area contributed by atoms with Crippen molar-refractivity contribution in [2.75, 3.05) is 13.7 Å². The van der Waals surface area contributed by atoms with Gasteiger partial charge in [0.2, 0.25) is 0 Å². The number of aromatic nitrogens is 2. The molecule has 1 aliphatic carbocycles. The predicted molar refractivity (Wildman–Crippen MR) is 117 cm³/mol. The molecule has 0 bridgehead atoms. The first-order chi connectivity index (χ1) is 14.1. The molecule has 5 nitrogen and oxygen atoms in total. The highest BCUT2D eigenvalue weighted by Crippen LogP contribution is 2.36. The highest BCUT2D eigenvalue weighted by atomic mass is 32.1. The molecule has 0 aliphatic heterocycles. The lowest BCUT2D eigenvalue weighted by Crippen LogP contribution is -2.31. The molecule has 2 N–H and O–H groups in total. The van der Waals surface area contributed by atoms with Gasteiger partial charge in [-0.15, -0.1) is 11.3 Å². The van der Waals surface area contributed by atoms with E-state index < -0.39 is 0 Å². The Morgan fingerprint density at radius 2 is 2.10 bits per heavy atom. The van der Waals surface area contributed by atoms with Gasteiger partial charge in [-0.3, -0.25) is 4.79 Å². The maximum atomic E-state index is 12.9. The van der Waals surface area contributed by atoms with Crippen molar-refractivity contribution in [2.45, 2.75) is 38.5 Å². The van der Waals surface area contributed by atoms with Crippen molar-refractivity contribution in [1.82, 2.24) is 15.3 Å². The van der Waals surface area contributed by atoms with Gasteiger partial charge in [-0.2, -0.15) is 0 Å². The number of methoxy groups -OCH3 is 1. The molecule has 3 aromatic rings. The van der Waals surface area contributed by atoms with Crippen LogP contribution in [0.4, 0.5) is 0 Å². The smallest absolute Gasteiger partial charge is 0.253 e. The van der Waals surface area contributed by atoms with Crippen LogP contribution >= 0.6 is 11.3 Å². The molecule has 152 valence electrons. The van der Waals surface area contributed by atoms with Crippen molar-refractivity contribution in [3.8, 4) is 17.0 Å². The van der Waals surface area contributed by atoms with E-state index >= 15 is 0 Å². The van der Waals surface area contributed by atoms with Gasteiger partial charge in [0.25, 0.3) is 5.91 Å². The second kappa shape index (κ2) is 8.82. The molecule has 4 rings (SSSR count). The van der Waals surface area contributed by atoms with Crippen LogP contribution in [0.3, 0.4) is 0 Å². The van der Waals surface area contributed by atoms with Gasteiger partial charge in [-0.25, -0.2) is 4.98 Å². The highest BCUT2D eigenvalue weighted by Gasteiger charge is 2.25. The Hall–Kier alpha value is -2.60. The molecule has 0 spiro atoms. The van der Waals surface area contributed by atoms with Crippen molar-refractivity contribution in [1.29, 1.82) is 0 Å². The number of aromatic amines is 1. The van der Waals surface area contributed by atoms with E-state index in [1.165, 1.54) is 5.01 Å². The Balaban J connectivity index is 1.38. The summed E-state index contributed by atoms with van der Waals surface area (Å²) < 4.78 is 5.33. The average Bonchev–Trinajstić information content (AvgIpc) is 3.42. The Morgan fingerprint density at radius 3 is 2.83 bits per heavy atom. The van der Waals surface area contributed by atoms with E-state index in [4.69, 9.17) is 4.74 Å². The number of carbonyl (C=O) groups excluding carboxylic acids is 1. The van der Waals surface area contributed by atoms with E-state index in [0.717, 1.165) is 54.9 Å². The third kappa shape index (κ3) is 4.53. The number of hydrogen-bond donors (Lipinski definition) is 2. The fourth-order valence-corrected chi connectivity index (χ4v) is 4.97. The fourth-order valence-electron chi connectivity index (χ4n) is 4.16. The van der Waals surface area contributed by atoms with Crippen LogP contribution < -0.4 is 10.1 Å². The highest BCUT2D eigenvalue weighted by molar-refractivity contribution is 7.09. The van der Waals surface area contributed by atoms with Gasteiger partial charge in [-0.05, 0) is 56.7 Å². The van der Waals surface area contributed by atoms with Gasteiger partial charge in [0.1, 0.15) is 5.75 Å². The third-order valence-electron chi connectivity index (χ3n) is 5.75. The molecule has 1 aliphatic rings. The quantitative estimate of drug-likeness (QED) is 0.591. The van der Waals surface area contributed by atoms with Gasteiger partial charge in [0.15, 0.2) is 0 Å². The second-order valence-corrected chi connectivity index (χ2v) is 8.70. The Morgan fingerprint density at radius 1 is 1.28 bits per heavy atom. The van der Waals surface area contributed by atoms with Gasteiger partial charge >= 0.3 is 0 Å². The van der Waals surface area contributed by atoms with Crippen LogP contribution in [0.15, 0.2) is 41.9 Å². The predicted octanol–water partition coefficient (Wildman–Crippen LogP) is 5.16. The summed E-state index contributed by atoms with van der Waals surface area (Å²) in [5.41, 5.74) is 3.45. The molecule has 29 heavy (non-hydrogen) atoms. The van der Waals surface area contributed by atoms with Crippen LogP contribution in [0, 0.1) is 12.8 Å². The van der Waals surface area contributed by atoms with Gasteiger partial charge in [0, 0.05) is 35.3 Å². The molecular formula is C23H27N3O2S. The third-order valence-corrected chi connectivity index (χ3v) is 6.69. The molecule has 1 aromatic carbocycles. The Labute approximate surface area is 175 Å². The van der Waals surface area contributed by atoms with Crippen molar-refractivity contribution in [2.24, 2.45) is 5.92 Å². The van der Waals surface area contributed by atoms with Gasteiger partial charge in [-0.1, -0.05) is 12.1 Å². The van der Waals surface area contributed by atoms with Crippen LogP contribution in [0.5, 0.6) is 5.75 Å². The fraction of sp³-hybridized carbons (Fsp3) is 0.391. The summed E-state index contributed by atoms with van der Waals surface area (Å²) in [6, 6.07) is 9.70. The number of rotatable bonds is 6. The SMILES string of the molecule is COc1cccc(-c2[nH]c(C)cc2C(=O)NCC2CCC(c3nccs3)CC2)c1. The molecule has 0 saturated heterocycles. The largest absolute Gasteiger partial charge is 0.497 e. The number of nitrogens with zero attached hydrogens (tertiary/aromatic N) is 1. The van der Waals surface area contributed by atoms with E-state index in [-0.39, 0.29) is 5.91 Å². The summed E-state index contributed by atoms with van der Waals surface area (Å²) in [5.74, 6) is 1.89. The van der Waals surface area contributed by atoms with E-state index in [1.54, 1.807) is 18.4 Å². The lowest BCUT2D eigenvalue weighted by atomic mass is 9.82. The Bertz CT molecular complexity index is 956. The minimum atomic E-state index is -0.0192. The maximum absolute atomic E-state index is 12.9. The number of hydrogen-bond acceptors (Lipinski definition) is 4. The van der Waals surface area contributed by atoms with E-state index in [1.807, 2.05) is 43.5 Å². The summed E-state index contributed by atoms with van der Waals surface area (Å²) in [5, 5.41) is 6.49. The monoisotopic (exact) mass is 409 g/mol. The number of H-pyrrole nitrogens is 1. The normalized spacial score (nSPS) is 19.1. The zero-order valence-corrected chi connectivity index (χ0v) is 17.7. The molecule has 6 heteroatoms. The summed E-state index contributed by atoms with van der Waals surface area (Å²) in [6.07, 6.45) is 6.49. The van der Waals surface area contributed by atoms with Crippen molar-refractivity contribution in [3.63, 3.8) is 0 Å². The minimum Gasteiger partial charge on any atom is -0.497 e. The van der Waals surface area contributed by atoms with Crippen LogP contribution in [0.25, 0.3) is 11.3 Å². The first kappa shape index (κ1) is 19.7. The zero-order valence-electron chi connectivity index (χ0n) is 16.9. The van der Waals surface area contributed by atoms with E-state index in [0.29, 0.717) is 17.4 Å². The van der Waals surface area contributed by atoms with Gasteiger partial charge < -0.3 is 15.0 Å². The molecule has 0 unspecified atom stereocenters. The molecule has 1 amide bonds. The Kier molecular flexibility index (Phi) is 6.00. The lowest BCUT2D eigenvalue weighted by molar-refractivity contribution is 0.0943.